The third-order valence-electron chi connectivity index (χ3n) is 10.1. The fraction of sp³-hybridized carbons (Fsp3) is 0. The molecule has 0 amide bonds. The Kier molecular flexibility index (Phi) is 5.83. The van der Waals surface area contributed by atoms with E-state index in [0.29, 0.717) is 0 Å². The maximum atomic E-state index is 6.24. The molecular weight excluding hydrogens is 629 g/mol. The second kappa shape index (κ2) is 10.6. The van der Waals surface area contributed by atoms with Crippen molar-refractivity contribution in [1.82, 2.24) is 4.57 Å². The minimum absolute atomic E-state index is 0.916. The SMILES string of the molecule is c1ccc(-n2c3ccccc3c3cc(N(c4ccc5cc6oc7ccccc7c6cc5c4)c4ccc5c(c4)sc4ccccc45)ccc32)cc1. The van der Waals surface area contributed by atoms with E-state index in [4.69, 9.17) is 4.42 Å². The van der Waals surface area contributed by atoms with Crippen LogP contribution in [0.15, 0.2) is 174 Å². The Balaban J connectivity index is 1.16. The number of nitrogens with zero attached hydrogens (tertiary/aromatic N) is 2. The molecule has 0 atom stereocenters. The summed E-state index contributed by atoms with van der Waals surface area (Å²) in [4.78, 5) is 2.41. The van der Waals surface area contributed by atoms with Crippen molar-refractivity contribution in [2.45, 2.75) is 0 Å². The number of para-hydroxylation sites is 3. The molecule has 0 bridgehead atoms. The molecule has 0 aliphatic carbocycles. The summed E-state index contributed by atoms with van der Waals surface area (Å²) in [6.45, 7) is 0. The maximum absolute atomic E-state index is 6.24. The molecular formula is C46H28N2OS. The van der Waals surface area contributed by atoms with Gasteiger partial charge >= 0.3 is 0 Å². The first-order valence-electron chi connectivity index (χ1n) is 16.9. The molecule has 0 aliphatic heterocycles. The average Bonchev–Trinajstić information content (AvgIpc) is 3.83. The summed E-state index contributed by atoms with van der Waals surface area (Å²) in [6.07, 6.45) is 0. The molecule has 4 heteroatoms. The van der Waals surface area contributed by atoms with Crippen LogP contribution in [0.2, 0.25) is 0 Å². The standard InChI is InChI=1S/C46H28N2OS/c1-2-10-31(11-3-1)48-41-15-7-4-12-35(41)39-27-33(21-23-42(39)48)47(34-20-22-38-37-14-6-9-17-45(37)50-46(38)28-34)32-19-18-29-26-44-40(25-30(29)24-32)36-13-5-8-16-43(36)49-44/h1-28H. The van der Waals surface area contributed by atoms with Crippen LogP contribution in [0.25, 0.3) is 80.4 Å². The van der Waals surface area contributed by atoms with Gasteiger partial charge in [-0.1, -0.05) is 84.9 Å². The predicted molar refractivity (Wildman–Crippen MR) is 213 cm³/mol. The topological polar surface area (TPSA) is 21.3 Å². The first-order valence-corrected chi connectivity index (χ1v) is 17.7. The number of hydrogen-bond acceptors (Lipinski definition) is 3. The molecule has 50 heavy (non-hydrogen) atoms. The lowest BCUT2D eigenvalue weighted by Gasteiger charge is -2.26. The zero-order chi connectivity index (χ0) is 32.8. The molecule has 11 rings (SSSR count). The third kappa shape index (κ3) is 4.09. The lowest BCUT2D eigenvalue weighted by atomic mass is 10.0. The number of rotatable bonds is 4. The third-order valence-corrected chi connectivity index (χ3v) is 11.3. The normalized spacial score (nSPS) is 12.0. The van der Waals surface area contributed by atoms with E-state index >= 15 is 0 Å². The van der Waals surface area contributed by atoms with Gasteiger partial charge in [0.25, 0.3) is 0 Å². The minimum Gasteiger partial charge on any atom is -0.456 e. The average molecular weight is 657 g/mol. The highest BCUT2D eigenvalue weighted by Gasteiger charge is 2.19. The van der Waals surface area contributed by atoms with E-state index in [1.807, 2.05) is 23.5 Å². The quantitative estimate of drug-likeness (QED) is 0.188. The Morgan fingerprint density at radius 1 is 0.400 bits per heavy atom. The Labute approximate surface area is 291 Å². The van der Waals surface area contributed by atoms with Crippen LogP contribution in [0, 0.1) is 0 Å². The van der Waals surface area contributed by atoms with Gasteiger partial charge in [-0.15, -0.1) is 11.3 Å². The molecule has 0 spiro atoms. The number of benzene rings is 8. The number of fused-ring (bicyclic) bond motifs is 10. The minimum atomic E-state index is 0.916. The smallest absolute Gasteiger partial charge is 0.136 e. The van der Waals surface area contributed by atoms with Crippen LogP contribution in [-0.2, 0) is 0 Å². The molecule has 8 aromatic carbocycles. The summed E-state index contributed by atoms with van der Waals surface area (Å²) in [5.41, 5.74) is 8.73. The van der Waals surface area contributed by atoms with Gasteiger partial charge in [0.05, 0.1) is 11.0 Å². The number of hydrogen-bond donors (Lipinski definition) is 0. The molecule has 3 nitrogen and oxygen atoms in total. The van der Waals surface area contributed by atoms with E-state index in [0.717, 1.165) is 50.1 Å². The van der Waals surface area contributed by atoms with Crippen molar-refractivity contribution in [3.63, 3.8) is 0 Å². The van der Waals surface area contributed by atoms with E-state index in [1.165, 1.54) is 47.4 Å². The molecule has 0 unspecified atom stereocenters. The molecule has 3 aromatic heterocycles. The van der Waals surface area contributed by atoms with Crippen LogP contribution in [-0.4, -0.2) is 4.57 Å². The highest BCUT2D eigenvalue weighted by molar-refractivity contribution is 7.25. The van der Waals surface area contributed by atoms with E-state index in [9.17, 15) is 0 Å². The van der Waals surface area contributed by atoms with Gasteiger partial charge in [-0.2, -0.15) is 0 Å². The van der Waals surface area contributed by atoms with Crippen LogP contribution >= 0.6 is 11.3 Å². The fourth-order valence-electron chi connectivity index (χ4n) is 7.85. The second-order valence-electron chi connectivity index (χ2n) is 13.0. The van der Waals surface area contributed by atoms with Gasteiger partial charge < -0.3 is 13.9 Å². The number of aromatic nitrogens is 1. The van der Waals surface area contributed by atoms with Crippen molar-refractivity contribution in [3.05, 3.63) is 170 Å². The Bertz CT molecular complexity index is 3110. The van der Waals surface area contributed by atoms with Crippen molar-refractivity contribution in [1.29, 1.82) is 0 Å². The number of furan rings is 1. The van der Waals surface area contributed by atoms with Crippen LogP contribution in [0.5, 0.6) is 0 Å². The largest absolute Gasteiger partial charge is 0.456 e. The van der Waals surface area contributed by atoms with Gasteiger partial charge in [0.1, 0.15) is 11.2 Å². The van der Waals surface area contributed by atoms with Gasteiger partial charge in [0.15, 0.2) is 0 Å². The van der Waals surface area contributed by atoms with Crippen molar-refractivity contribution < 1.29 is 4.42 Å². The summed E-state index contributed by atoms with van der Waals surface area (Å²) in [7, 11) is 0. The van der Waals surface area contributed by atoms with Gasteiger partial charge in [-0.3, -0.25) is 0 Å². The second-order valence-corrected chi connectivity index (χ2v) is 14.1. The summed E-state index contributed by atoms with van der Waals surface area (Å²) in [5.74, 6) is 0. The van der Waals surface area contributed by atoms with Crippen molar-refractivity contribution >= 4 is 103 Å². The van der Waals surface area contributed by atoms with E-state index in [2.05, 4.69) is 167 Å². The lowest BCUT2D eigenvalue weighted by Crippen LogP contribution is -2.09. The summed E-state index contributed by atoms with van der Waals surface area (Å²) < 4.78 is 11.2. The maximum Gasteiger partial charge on any atom is 0.136 e. The van der Waals surface area contributed by atoms with Gasteiger partial charge in [0, 0.05) is 64.5 Å². The molecule has 0 saturated carbocycles. The molecule has 0 fully saturated rings. The number of thiophene rings is 1. The van der Waals surface area contributed by atoms with Crippen molar-refractivity contribution in [3.8, 4) is 5.69 Å². The summed E-state index contributed by atoms with van der Waals surface area (Å²) in [5, 5.41) is 9.67. The van der Waals surface area contributed by atoms with Crippen LogP contribution < -0.4 is 4.90 Å². The molecule has 234 valence electrons. The molecule has 0 N–H and O–H groups in total. The van der Waals surface area contributed by atoms with Crippen LogP contribution in [0.1, 0.15) is 0 Å². The zero-order valence-corrected chi connectivity index (χ0v) is 27.7. The first kappa shape index (κ1) is 27.6. The summed E-state index contributed by atoms with van der Waals surface area (Å²) in [6, 6.07) is 61.5. The molecule has 3 heterocycles. The van der Waals surface area contributed by atoms with Gasteiger partial charge in [0.2, 0.25) is 0 Å². The van der Waals surface area contributed by atoms with Crippen molar-refractivity contribution in [2.75, 3.05) is 4.90 Å². The van der Waals surface area contributed by atoms with Crippen LogP contribution in [0.4, 0.5) is 17.1 Å². The lowest BCUT2D eigenvalue weighted by molar-refractivity contribution is 0.669. The molecule has 11 aromatic rings. The highest BCUT2D eigenvalue weighted by Crippen LogP contribution is 2.44. The monoisotopic (exact) mass is 656 g/mol. The van der Waals surface area contributed by atoms with E-state index < -0.39 is 0 Å². The zero-order valence-electron chi connectivity index (χ0n) is 26.9. The number of anilines is 3. The Morgan fingerprint density at radius 3 is 2.00 bits per heavy atom. The fourth-order valence-corrected chi connectivity index (χ4v) is 8.99. The molecule has 0 aliphatic rings. The Morgan fingerprint density at radius 2 is 1.08 bits per heavy atom. The van der Waals surface area contributed by atoms with Gasteiger partial charge in [-0.25, -0.2) is 0 Å². The first-order chi connectivity index (χ1) is 24.8. The van der Waals surface area contributed by atoms with E-state index in [1.54, 1.807) is 0 Å². The van der Waals surface area contributed by atoms with Crippen molar-refractivity contribution in [2.24, 2.45) is 0 Å². The molecule has 0 saturated heterocycles. The predicted octanol–water partition coefficient (Wildman–Crippen LogP) is 13.7. The van der Waals surface area contributed by atoms with Gasteiger partial charge in [-0.05, 0) is 95.7 Å². The summed E-state index contributed by atoms with van der Waals surface area (Å²) >= 11 is 1.85. The van der Waals surface area contributed by atoms with E-state index in [-0.39, 0.29) is 0 Å². The Hall–Kier alpha value is -6.36. The van der Waals surface area contributed by atoms with Crippen LogP contribution in [0.3, 0.4) is 0 Å². The highest BCUT2D eigenvalue weighted by atomic mass is 32.1. The molecule has 0 radical (unpaired) electrons.